The van der Waals surface area contributed by atoms with Gasteiger partial charge in [-0.2, -0.15) is 0 Å². The molecule has 0 bridgehead atoms. The highest BCUT2D eigenvalue weighted by molar-refractivity contribution is 5.30. The van der Waals surface area contributed by atoms with Gasteiger partial charge in [-0.05, 0) is 16.7 Å². The van der Waals surface area contributed by atoms with E-state index >= 15 is 0 Å². The average molecular weight is 235 g/mol. The summed E-state index contributed by atoms with van der Waals surface area (Å²) in [4.78, 5) is 0. The lowest BCUT2D eigenvalue weighted by Gasteiger charge is -2.08. The first kappa shape index (κ1) is 12.4. The normalized spacial score (nSPS) is 9.94. The van der Waals surface area contributed by atoms with Crippen molar-refractivity contribution >= 4 is 0 Å². The number of benzene rings is 2. The van der Waals surface area contributed by atoms with E-state index < -0.39 is 0 Å². The van der Waals surface area contributed by atoms with E-state index in [4.69, 9.17) is 6.42 Å². The molecule has 0 saturated carbocycles. The molecule has 0 atom stereocenters. The summed E-state index contributed by atoms with van der Waals surface area (Å²) in [5, 5.41) is 3.45. The summed E-state index contributed by atoms with van der Waals surface area (Å²) in [6.45, 7) is 1.73. The van der Waals surface area contributed by atoms with Crippen LogP contribution in [0.3, 0.4) is 0 Å². The van der Waals surface area contributed by atoms with Crippen LogP contribution in [0.2, 0.25) is 0 Å². The maximum atomic E-state index is 5.38. The lowest BCUT2D eigenvalue weighted by Crippen LogP contribution is -2.13. The van der Waals surface area contributed by atoms with Gasteiger partial charge < -0.3 is 5.32 Å². The SMILES string of the molecule is C#CCc1ccccc1CNCc1ccccc1. The molecule has 0 aromatic heterocycles. The van der Waals surface area contributed by atoms with E-state index in [1.807, 2.05) is 12.1 Å². The molecule has 0 saturated heterocycles. The third-order valence-corrected chi connectivity index (χ3v) is 2.90. The highest BCUT2D eigenvalue weighted by Gasteiger charge is 1.99. The number of hydrogen-bond acceptors (Lipinski definition) is 1. The first-order valence-corrected chi connectivity index (χ1v) is 6.15. The van der Waals surface area contributed by atoms with Gasteiger partial charge in [0.1, 0.15) is 0 Å². The smallest absolute Gasteiger partial charge is 0.0340 e. The molecule has 90 valence electrons. The molecule has 1 heteroatoms. The predicted octanol–water partition coefficient (Wildman–Crippen LogP) is 3.15. The fourth-order valence-electron chi connectivity index (χ4n) is 1.95. The van der Waals surface area contributed by atoms with E-state index in [1.54, 1.807) is 0 Å². The van der Waals surface area contributed by atoms with E-state index in [0.29, 0.717) is 6.42 Å². The van der Waals surface area contributed by atoms with Gasteiger partial charge in [0.2, 0.25) is 0 Å². The summed E-state index contributed by atoms with van der Waals surface area (Å²) < 4.78 is 0. The molecule has 0 aliphatic heterocycles. The number of terminal acetylenes is 1. The van der Waals surface area contributed by atoms with E-state index in [-0.39, 0.29) is 0 Å². The van der Waals surface area contributed by atoms with Crippen LogP contribution in [-0.2, 0) is 19.5 Å². The molecule has 2 rings (SSSR count). The van der Waals surface area contributed by atoms with Gasteiger partial charge in [0.25, 0.3) is 0 Å². The summed E-state index contributed by atoms with van der Waals surface area (Å²) in [5.74, 6) is 2.70. The summed E-state index contributed by atoms with van der Waals surface area (Å²) in [7, 11) is 0. The number of nitrogens with one attached hydrogen (secondary N) is 1. The Hall–Kier alpha value is -2.04. The largest absolute Gasteiger partial charge is 0.309 e. The Morgan fingerprint density at radius 1 is 0.833 bits per heavy atom. The first-order valence-electron chi connectivity index (χ1n) is 6.15. The summed E-state index contributed by atoms with van der Waals surface area (Å²) in [6, 6.07) is 18.7. The van der Waals surface area contributed by atoms with Crippen LogP contribution in [-0.4, -0.2) is 0 Å². The van der Waals surface area contributed by atoms with Gasteiger partial charge in [0.05, 0.1) is 0 Å². The molecule has 0 radical (unpaired) electrons. The summed E-state index contributed by atoms with van der Waals surface area (Å²) in [5.41, 5.74) is 3.82. The second-order valence-electron chi connectivity index (χ2n) is 4.24. The molecule has 0 aliphatic rings. The fourth-order valence-corrected chi connectivity index (χ4v) is 1.95. The maximum absolute atomic E-state index is 5.38. The Balaban J connectivity index is 1.93. The molecule has 0 spiro atoms. The van der Waals surface area contributed by atoms with Crippen molar-refractivity contribution in [2.45, 2.75) is 19.5 Å². The van der Waals surface area contributed by atoms with E-state index in [0.717, 1.165) is 13.1 Å². The number of rotatable bonds is 5. The monoisotopic (exact) mass is 235 g/mol. The molecule has 18 heavy (non-hydrogen) atoms. The maximum Gasteiger partial charge on any atom is 0.0340 e. The van der Waals surface area contributed by atoms with E-state index in [2.05, 4.69) is 53.7 Å². The van der Waals surface area contributed by atoms with Gasteiger partial charge in [-0.15, -0.1) is 12.3 Å². The van der Waals surface area contributed by atoms with Crippen LogP contribution in [0.1, 0.15) is 16.7 Å². The molecule has 1 N–H and O–H groups in total. The van der Waals surface area contributed by atoms with Crippen LogP contribution in [0.25, 0.3) is 0 Å². The van der Waals surface area contributed by atoms with Crippen molar-refractivity contribution in [3.05, 3.63) is 71.3 Å². The van der Waals surface area contributed by atoms with Crippen molar-refractivity contribution in [3.8, 4) is 12.3 Å². The van der Waals surface area contributed by atoms with Crippen molar-refractivity contribution in [1.29, 1.82) is 0 Å². The quantitative estimate of drug-likeness (QED) is 0.785. The Morgan fingerprint density at radius 3 is 2.22 bits per heavy atom. The minimum absolute atomic E-state index is 0.698. The van der Waals surface area contributed by atoms with Gasteiger partial charge in [-0.1, -0.05) is 54.6 Å². The fraction of sp³-hybridized carbons (Fsp3) is 0.176. The van der Waals surface area contributed by atoms with Gasteiger partial charge in [-0.3, -0.25) is 0 Å². The third-order valence-electron chi connectivity index (χ3n) is 2.90. The minimum Gasteiger partial charge on any atom is -0.309 e. The topological polar surface area (TPSA) is 12.0 Å². The molecule has 2 aromatic carbocycles. The van der Waals surface area contributed by atoms with E-state index in [1.165, 1.54) is 16.7 Å². The third kappa shape index (κ3) is 3.48. The molecule has 0 unspecified atom stereocenters. The Bertz CT molecular complexity index is 523. The zero-order chi connectivity index (χ0) is 12.6. The molecule has 1 nitrogen and oxygen atoms in total. The van der Waals surface area contributed by atoms with Crippen molar-refractivity contribution in [3.63, 3.8) is 0 Å². The molecule has 2 aromatic rings. The van der Waals surface area contributed by atoms with Gasteiger partial charge in [0, 0.05) is 19.5 Å². The van der Waals surface area contributed by atoms with Crippen LogP contribution in [0.15, 0.2) is 54.6 Å². The van der Waals surface area contributed by atoms with Crippen LogP contribution in [0.4, 0.5) is 0 Å². The van der Waals surface area contributed by atoms with Crippen LogP contribution >= 0.6 is 0 Å². The Morgan fingerprint density at radius 2 is 1.50 bits per heavy atom. The van der Waals surface area contributed by atoms with Crippen LogP contribution in [0, 0.1) is 12.3 Å². The molecule has 0 fully saturated rings. The van der Waals surface area contributed by atoms with Crippen LogP contribution in [0.5, 0.6) is 0 Å². The first-order chi connectivity index (χ1) is 8.90. The molecule has 0 amide bonds. The van der Waals surface area contributed by atoms with Crippen LogP contribution < -0.4 is 5.32 Å². The lowest BCUT2D eigenvalue weighted by molar-refractivity contribution is 0.689. The van der Waals surface area contributed by atoms with Gasteiger partial charge in [-0.25, -0.2) is 0 Å². The zero-order valence-electron chi connectivity index (χ0n) is 10.4. The Labute approximate surface area is 109 Å². The minimum atomic E-state index is 0.698. The van der Waals surface area contributed by atoms with Gasteiger partial charge in [0.15, 0.2) is 0 Å². The summed E-state index contributed by atoms with van der Waals surface area (Å²) in [6.07, 6.45) is 6.08. The summed E-state index contributed by atoms with van der Waals surface area (Å²) >= 11 is 0. The second-order valence-corrected chi connectivity index (χ2v) is 4.24. The lowest BCUT2D eigenvalue weighted by atomic mass is 10.0. The zero-order valence-corrected chi connectivity index (χ0v) is 10.4. The van der Waals surface area contributed by atoms with Gasteiger partial charge >= 0.3 is 0 Å². The van der Waals surface area contributed by atoms with Crippen molar-refractivity contribution in [2.24, 2.45) is 0 Å². The highest BCUT2D eigenvalue weighted by atomic mass is 14.8. The van der Waals surface area contributed by atoms with Crippen molar-refractivity contribution < 1.29 is 0 Å². The van der Waals surface area contributed by atoms with E-state index in [9.17, 15) is 0 Å². The number of hydrogen-bond donors (Lipinski definition) is 1. The highest BCUT2D eigenvalue weighted by Crippen LogP contribution is 2.09. The molecular formula is C17H17N. The molecule has 0 aliphatic carbocycles. The van der Waals surface area contributed by atoms with Crippen molar-refractivity contribution in [2.75, 3.05) is 0 Å². The van der Waals surface area contributed by atoms with Crippen molar-refractivity contribution in [1.82, 2.24) is 5.32 Å². The Kier molecular flexibility index (Phi) is 4.58. The predicted molar refractivity (Wildman–Crippen MR) is 76.0 cm³/mol. The second kappa shape index (κ2) is 6.64. The molecule has 0 heterocycles. The molecular weight excluding hydrogens is 218 g/mol. The standard InChI is InChI=1S/C17H17N/c1-2-8-16-11-6-7-12-17(16)14-18-13-15-9-4-3-5-10-15/h1,3-7,9-12,18H,8,13-14H2. The average Bonchev–Trinajstić information content (AvgIpc) is 2.42.